The molecule has 1 aliphatic heterocycles. The second-order valence-electron chi connectivity index (χ2n) is 7.41. The van der Waals surface area contributed by atoms with Crippen LogP contribution in [0.25, 0.3) is 0 Å². The highest BCUT2D eigenvalue weighted by Gasteiger charge is 2.31. The molecule has 0 radical (unpaired) electrons. The summed E-state index contributed by atoms with van der Waals surface area (Å²) in [6.45, 7) is 2.33. The van der Waals surface area contributed by atoms with Crippen LogP contribution in [0.4, 0.5) is 4.79 Å². The number of likely N-dealkylation sites (N-methyl/N-ethyl adjacent to an activating group) is 1. The summed E-state index contributed by atoms with van der Waals surface area (Å²) in [4.78, 5) is 16.8. The maximum atomic E-state index is 12.5. The van der Waals surface area contributed by atoms with Gasteiger partial charge >= 0.3 is 6.03 Å². The number of hydrogen-bond acceptors (Lipinski definition) is 4. The average molecular weight is 349 g/mol. The van der Waals surface area contributed by atoms with Crippen molar-refractivity contribution in [3.63, 3.8) is 0 Å². The minimum Gasteiger partial charge on any atom is -0.467 e. The average Bonchev–Trinajstić information content (AvgIpc) is 3.35. The van der Waals surface area contributed by atoms with Crippen molar-refractivity contribution in [2.45, 2.75) is 63.1 Å². The number of likely N-dealkylation sites (tertiary alicyclic amines) is 1. The number of aliphatic hydroxyl groups excluding tert-OH is 1. The number of rotatable bonds is 7. The van der Waals surface area contributed by atoms with Crippen LogP contribution >= 0.6 is 0 Å². The lowest BCUT2D eigenvalue weighted by Crippen LogP contribution is -2.46. The second-order valence-corrected chi connectivity index (χ2v) is 7.41. The summed E-state index contributed by atoms with van der Waals surface area (Å²) in [6, 6.07) is 4.31. The Morgan fingerprint density at radius 2 is 2.20 bits per heavy atom. The lowest BCUT2D eigenvalue weighted by atomic mass is 10.1. The molecule has 6 nitrogen and oxygen atoms in total. The fraction of sp³-hybridized carbons (Fsp3) is 0.737. The maximum absolute atomic E-state index is 12.5. The molecule has 1 aromatic rings. The molecule has 3 rings (SSSR count). The van der Waals surface area contributed by atoms with Crippen molar-refractivity contribution in [1.29, 1.82) is 0 Å². The predicted molar refractivity (Wildman–Crippen MR) is 96.3 cm³/mol. The molecule has 0 aromatic carbocycles. The molecule has 0 bridgehead atoms. The minimum absolute atomic E-state index is 0.00559. The number of furan rings is 1. The summed E-state index contributed by atoms with van der Waals surface area (Å²) < 4.78 is 5.27. The van der Waals surface area contributed by atoms with Gasteiger partial charge < -0.3 is 24.6 Å². The molecule has 1 saturated heterocycles. The van der Waals surface area contributed by atoms with E-state index in [2.05, 4.69) is 17.3 Å². The number of nitrogens with one attached hydrogen (secondary N) is 1. The van der Waals surface area contributed by atoms with Crippen LogP contribution in [0.5, 0.6) is 0 Å². The van der Waals surface area contributed by atoms with Gasteiger partial charge in [0, 0.05) is 38.1 Å². The van der Waals surface area contributed by atoms with Gasteiger partial charge in [-0.2, -0.15) is 0 Å². The maximum Gasteiger partial charge on any atom is 0.317 e. The van der Waals surface area contributed by atoms with E-state index in [1.807, 2.05) is 4.90 Å². The molecule has 140 valence electrons. The fourth-order valence-corrected chi connectivity index (χ4v) is 4.17. The highest BCUT2D eigenvalue weighted by molar-refractivity contribution is 5.74. The molecule has 2 N–H and O–H groups in total. The largest absolute Gasteiger partial charge is 0.467 e. The second kappa shape index (κ2) is 8.72. The molecule has 1 saturated carbocycles. The van der Waals surface area contributed by atoms with E-state index in [4.69, 9.17) is 4.42 Å². The number of carbonyl (C=O) groups is 1. The predicted octanol–water partition coefficient (Wildman–Crippen LogP) is 2.75. The van der Waals surface area contributed by atoms with Gasteiger partial charge in [0.25, 0.3) is 0 Å². The molecule has 2 heterocycles. The Morgan fingerprint density at radius 1 is 1.40 bits per heavy atom. The van der Waals surface area contributed by atoms with Crippen molar-refractivity contribution in [2.24, 2.45) is 0 Å². The molecular formula is C19H31N3O3. The minimum atomic E-state index is -0.651. The topological polar surface area (TPSA) is 69.0 Å². The summed E-state index contributed by atoms with van der Waals surface area (Å²) in [5, 5.41) is 13.3. The quantitative estimate of drug-likeness (QED) is 0.794. The van der Waals surface area contributed by atoms with Gasteiger partial charge in [-0.3, -0.25) is 0 Å². The monoisotopic (exact) mass is 349 g/mol. The third kappa shape index (κ3) is 4.76. The van der Waals surface area contributed by atoms with Gasteiger partial charge in [-0.15, -0.1) is 0 Å². The van der Waals surface area contributed by atoms with E-state index in [-0.39, 0.29) is 12.1 Å². The Morgan fingerprint density at radius 3 is 2.92 bits per heavy atom. The molecule has 2 amide bonds. The van der Waals surface area contributed by atoms with Gasteiger partial charge in [0.2, 0.25) is 0 Å². The molecule has 25 heavy (non-hydrogen) atoms. The first kappa shape index (κ1) is 18.3. The van der Waals surface area contributed by atoms with Gasteiger partial charge in [-0.05, 0) is 44.9 Å². The summed E-state index contributed by atoms with van der Waals surface area (Å²) in [7, 11) is 2.15. The van der Waals surface area contributed by atoms with Crippen LogP contribution in [0.15, 0.2) is 22.8 Å². The summed E-state index contributed by atoms with van der Waals surface area (Å²) >= 11 is 0. The first-order chi connectivity index (χ1) is 12.1. The zero-order valence-electron chi connectivity index (χ0n) is 15.2. The number of hydrogen-bond donors (Lipinski definition) is 2. The van der Waals surface area contributed by atoms with Crippen LogP contribution in [0.1, 0.15) is 56.8 Å². The lowest BCUT2D eigenvalue weighted by Gasteiger charge is -2.28. The SMILES string of the molecule is CN(CCNC(=O)N1CCCC1CC(O)c1ccco1)C1CCCC1. The molecule has 2 atom stereocenters. The Kier molecular flexibility index (Phi) is 6.37. The smallest absolute Gasteiger partial charge is 0.317 e. The van der Waals surface area contributed by atoms with Crippen LogP contribution in [0.3, 0.4) is 0 Å². The Bertz CT molecular complexity index is 528. The van der Waals surface area contributed by atoms with Crippen LogP contribution in [0, 0.1) is 0 Å². The van der Waals surface area contributed by atoms with Crippen LogP contribution in [-0.4, -0.2) is 59.7 Å². The van der Waals surface area contributed by atoms with Gasteiger partial charge in [-0.25, -0.2) is 4.79 Å². The molecule has 2 fully saturated rings. The lowest BCUT2D eigenvalue weighted by molar-refractivity contribution is 0.107. The molecule has 1 aromatic heterocycles. The van der Waals surface area contributed by atoms with E-state index in [9.17, 15) is 9.90 Å². The van der Waals surface area contributed by atoms with E-state index >= 15 is 0 Å². The van der Waals surface area contributed by atoms with Crippen molar-refractivity contribution in [1.82, 2.24) is 15.1 Å². The number of urea groups is 1. The van der Waals surface area contributed by atoms with Gasteiger partial charge in [0.1, 0.15) is 11.9 Å². The van der Waals surface area contributed by atoms with Crippen molar-refractivity contribution in [2.75, 3.05) is 26.7 Å². The van der Waals surface area contributed by atoms with E-state index in [1.54, 1.807) is 18.4 Å². The zero-order chi connectivity index (χ0) is 17.6. The normalized spacial score (nSPS) is 22.7. The number of amides is 2. The Labute approximate surface area is 150 Å². The van der Waals surface area contributed by atoms with Crippen molar-refractivity contribution < 1.29 is 14.3 Å². The highest BCUT2D eigenvalue weighted by atomic mass is 16.4. The molecule has 6 heteroatoms. The van der Waals surface area contributed by atoms with Crippen molar-refractivity contribution in [3.8, 4) is 0 Å². The van der Waals surface area contributed by atoms with Gasteiger partial charge in [0.05, 0.1) is 6.26 Å². The van der Waals surface area contributed by atoms with Crippen molar-refractivity contribution >= 4 is 6.03 Å². The van der Waals surface area contributed by atoms with E-state index < -0.39 is 6.10 Å². The third-order valence-corrected chi connectivity index (χ3v) is 5.69. The molecule has 1 aliphatic carbocycles. The standard InChI is InChI=1S/C19H31N3O3/c1-21(15-6-2-3-7-15)12-10-20-19(24)22-11-4-8-16(22)14-17(23)18-9-5-13-25-18/h5,9,13,15-17,23H,2-4,6-8,10-12,14H2,1H3,(H,20,24). The van der Waals surface area contributed by atoms with Gasteiger partial charge in [0.15, 0.2) is 0 Å². The zero-order valence-corrected chi connectivity index (χ0v) is 15.2. The molecule has 0 spiro atoms. The summed E-state index contributed by atoms with van der Waals surface area (Å²) in [5.74, 6) is 0.574. The van der Waals surface area contributed by atoms with Crippen LogP contribution in [-0.2, 0) is 0 Å². The number of nitrogens with zero attached hydrogens (tertiary/aromatic N) is 2. The molecule has 2 unspecified atom stereocenters. The Hall–Kier alpha value is -1.53. The van der Waals surface area contributed by atoms with E-state index in [0.717, 1.165) is 25.9 Å². The first-order valence-corrected chi connectivity index (χ1v) is 9.61. The highest BCUT2D eigenvalue weighted by Crippen LogP contribution is 2.27. The van der Waals surface area contributed by atoms with Crippen LogP contribution < -0.4 is 5.32 Å². The molecule has 2 aliphatic rings. The first-order valence-electron chi connectivity index (χ1n) is 9.61. The Balaban J connectivity index is 1.42. The number of aliphatic hydroxyl groups is 1. The van der Waals surface area contributed by atoms with E-state index in [1.165, 1.54) is 25.7 Å². The summed E-state index contributed by atoms with van der Waals surface area (Å²) in [5.41, 5.74) is 0. The summed E-state index contributed by atoms with van der Waals surface area (Å²) in [6.07, 6.45) is 8.59. The van der Waals surface area contributed by atoms with Crippen molar-refractivity contribution in [3.05, 3.63) is 24.2 Å². The third-order valence-electron chi connectivity index (χ3n) is 5.69. The number of carbonyl (C=O) groups excluding carboxylic acids is 1. The van der Waals surface area contributed by atoms with E-state index in [0.29, 0.717) is 24.8 Å². The molecular weight excluding hydrogens is 318 g/mol. The van der Waals surface area contributed by atoms with Gasteiger partial charge in [-0.1, -0.05) is 12.8 Å². The fourth-order valence-electron chi connectivity index (χ4n) is 4.17. The van der Waals surface area contributed by atoms with Crippen LogP contribution in [0.2, 0.25) is 0 Å².